The predicted octanol–water partition coefficient (Wildman–Crippen LogP) is 6.33. The van der Waals surface area contributed by atoms with Gasteiger partial charge in [-0.3, -0.25) is 4.79 Å². The molecule has 2 aromatic carbocycles. The molecule has 0 unspecified atom stereocenters. The third-order valence-corrected chi connectivity index (χ3v) is 4.96. The van der Waals surface area contributed by atoms with Gasteiger partial charge in [-0.15, -0.1) is 0 Å². The first-order valence-electron chi connectivity index (χ1n) is 10.2. The first-order chi connectivity index (χ1) is 13.7. The molecule has 4 heteroatoms. The number of nitrogens with two attached hydrogens (primary N) is 1. The van der Waals surface area contributed by atoms with E-state index in [-0.39, 0.29) is 0 Å². The molecule has 4 nitrogen and oxygen atoms in total. The monoisotopic (exact) mass is 379 g/mol. The van der Waals surface area contributed by atoms with Gasteiger partial charge in [0, 0.05) is 16.5 Å². The van der Waals surface area contributed by atoms with Crippen molar-refractivity contribution in [2.24, 2.45) is 5.73 Å². The van der Waals surface area contributed by atoms with Crippen LogP contribution >= 0.6 is 0 Å². The Hall–Kier alpha value is -2.75. The molecule has 1 aromatic heterocycles. The van der Waals surface area contributed by atoms with E-state index in [1.54, 1.807) is 18.2 Å². The summed E-state index contributed by atoms with van der Waals surface area (Å²) in [5.74, 6) is 1.20. The molecule has 1 heterocycles. The standard InChI is InChI=1S/C24H29NO3/c1-2-3-4-5-6-7-8-15-27-21-12-9-18(10-13-21)23-17-20-16-19(24(25)26)11-14-22(20)28-23/h9-14,16-17H,2-8,15H2,1H3,(H2,25,26). The fraction of sp³-hybridized carbons (Fsp3) is 0.375. The molecule has 2 N–H and O–H groups in total. The lowest BCUT2D eigenvalue weighted by Crippen LogP contribution is -2.10. The fourth-order valence-electron chi connectivity index (χ4n) is 3.30. The van der Waals surface area contributed by atoms with Crippen molar-refractivity contribution in [3.63, 3.8) is 0 Å². The first kappa shape index (κ1) is 20.0. The van der Waals surface area contributed by atoms with Crippen LogP contribution in [0.2, 0.25) is 0 Å². The number of unbranched alkanes of at least 4 members (excludes halogenated alkanes) is 6. The van der Waals surface area contributed by atoms with Gasteiger partial charge in [0.2, 0.25) is 5.91 Å². The summed E-state index contributed by atoms with van der Waals surface area (Å²) in [6.45, 7) is 3.00. The maximum atomic E-state index is 11.3. The summed E-state index contributed by atoms with van der Waals surface area (Å²) in [6.07, 6.45) is 8.95. The average molecular weight is 380 g/mol. The minimum Gasteiger partial charge on any atom is -0.494 e. The van der Waals surface area contributed by atoms with Crippen LogP contribution in [-0.2, 0) is 0 Å². The number of fused-ring (bicyclic) bond motifs is 1. The molecule has 0 saturated carbocycles. The molecule has 0 aliphatic carbocycles. The molecule has 28 heavy (non-hydrogen) atoms. The number of amides is 1. The second-order valence-electron chi connectivity index (χ2n) is 7.22. The first-order valence-corrected chi connectivity index (χ1v) is 10.2. The van der Waals surface area contributed by atoms with E-state index in [2.05, 4.69) is 6.92 Å². The number of rotatable bonds is 11. The Balaban J connectivity index is 1.51. The summed E-state index contributed by atoms with van der Waals surface area (Å²) in [5, 5.41) is 0.866. The highest BCUT2D eigenvalue weighted by molar-refractivity contribution is 5.97. The van der Waals surface area contributed by atoms with Crippen molar-refractivity contribution in [3.05, 3.63) is 54.1 Å². The number of benzene rings is 2. The quantitative estimate of drug-likeness (QED) is 0.396. The predicted molar refractivity (Wildman–Crippen MR) is 114 cm³/mol. The summed E-state index contributed by atoms with van der Waals surface area (Å²) in [5.41, 5.74) is 7.53. The zero-order valence-electron chi connectivity index (χ0n) is 16.6. The van der Waals surface area contributed by atoms with Gasteiger partial charge in [0.25, 0.3) is 0 Å². The Labute approximate surface area is 166 Å². The third-order valence-electron chi connectivity index (χ3n) is 4.96. The SMILES string of the molecule is CCCCCCCCCOc1ccc(-c2cc3cc(C(N)=O)ccc3o2)cc1. The van der Waals surface area contributed by atoms with Gasteiger partial charge in [-0.25, -0.2) is 0 Å². The number of carbonyl (C=O) groups is 1. The van der Waals surface area contributed by atoms with E-state index < -0.39 is 5.91 Å². The van der Waals surface area contributed by atoms with Crippen LogP contribution in [0.5, 0.6) is 5.75 Å². The van der Waals surface area contributed by atoms with E-state index in [1.807, 2.05) is 30.3 Å². The van der Waals surface area contributed by atoms with Crippen LogP contribution < -0.4 is 10.5 Å². The minimum absolute atomic E-state index is 0.438. The van der Waals surface area contributed by atoms with Crippen molar-refractivity contribution in [2.45, 2.75) is 51.9 Å². The van der Waals surface area contributed by atoms with Crippen LogP contribution in [0, 0.1) is 0 Å². The van der Waals surface area contributed by atoms with Gasteiger partial charge in [-0.05, 0) is 55.0 Å². The maximum absolute atomic E-state index is 11.3. The Morgan fingerprint density at radius 2 is 1.64 bits per heavy atom. The van der Waals surface area contributed by atoms with Crippen molar-refractivity contribution in [2.75, 3.05) is 6.61 Å². The number of furan rings is 1. The van der Waals surface area contributed by atoms with Crippen LogP contribution in [-0.4, -0.2) is 12.5 Å². The van der Waals surface area contributed by atoms with Gasteiger partial charge in [-0.1, -0.05) is 45.4 Å². The van der Waals surface area contributed by atoms with Crippen LogP contribution in [0.1, 0.15) is 62.2 Å². The number of carbonyl (C=O) groups excluding carboxylic acids is 1. The molecule has 0 aliphatic heterocycles. The van der Waals surface area contributed by atoms with Crippen LogP contribution in [0.4, 0.5) is 0 Å². The summed E-state index contributed by atoms with van der Waals surface area (Å²) in [4.78, 5) is 11.3. The van der Waals surface area contributed by atoms with Gasteiger partial charge in [0.15, 0.2) is 0 Å². The van der Waals surface area contributed by atoms with Gasteiger partial charge >= 0.3 is 0 Å². The topological polar surface area (TPSA) is 65.5 Å². The van der Waals surface area contributed by atoms with Gasteiger partial charge < -0.3 is 14.9 Å². The van der Waals surface area contributed by atoms with E-state index in [9.17, 15) is 4.79 Å². The second kappa shape index (κ2) is 9.98. The molecule has 0 atom stereocenters. The van der Waals surface area contributed by atoms with E-state index in [1.165, 1.54) is 38.5 Å². The van der Waals surface area contributed by atoms with Crippen molar-refractivity contribution < 1.29 is 13.9 Å². The molecule has 0 fully saturated rings. The smallest absolute Gasteiger partial charge is 0.248 e. The lowest BCUT2D eigenvalue weighted by Gasteiger charge is -2.06. The van der Waals surface area contributed by atoms with E-state index in [0.717, 1.165) is 41.1 Å². The minimum atomic E-state index is -0.438. The number of hydrogen-bond acceptors (Lipinski definition) is 3. The highest BCUT2D eigenvalue weighted by Crippen LogP contribution is 2.29. The zero-order valence-corrected chi connectivity index (χ0v) is 16.6. The van der Waals surface area contributed by atoms with Gasteiger partial charge in [-0.2, -0.15) is 0 Å². The highest BCUT2D eigenvalue weighted by atomic mass is 16.5. The summed E-state index contributed by atoms with van der Waals surface area (Å²) in [6, 6.07) is 15.1. The van der Waals surface area contributed by atoms with Crippen LogP contribution in [0.25, 0.3) is 22.3 Å². The molecule has 0 saturated heterocycles. The van der Waals surface area contributed by atoms with Gasteiger partial charge in [0.05, 0.1) is 6.61 Å². The zero-order chi connectivity index (χ0) is 19.8. The Bertz CT molecular complexity index is 896. The van der Waals surface area contributed by atoms with E-state index in [4.69, 9.17) is 14.9 Å². The lowest BCUT2D eigenvalue weighted by atomic mass is 10.1. The normalized spacial score (nSPS) is 11.0. The fourth-order valence-corrected chi connectivity index (χ4v) is 3.30. The molecule has 0 spiro atoms. The molecular weight excluding hydrogens is 350 g/mol. The molecule has 1 amide bonds. The molecule has 0 radical (unpaired) electrons. The van der Waals surface area contributed by atoms with Gasteiger partial charge in [0.1, 0.15) is 17.1 Å². The molecule has 0 bridgehead atoms. The van der Waals surface area contributed by atoms with Crippen molar-refractivity contribution in [1.29, 1.82) is 0 Å². The largest absolute Gasteiger partial charge is 0.494 e. The summed E-state index contributed by atoms with van der Waals surface area (Å²) < 4.78 is 11.7. The molecule has 3 aromatic rings. The maximum Gasteiger partial charge on any atom is 0.248 e. The highest BCUT2D eigenvalue weighted by Gasteiger charge is 2.09. The molecular formula is C24H29NO3. The Morgan fingerprint density at radius 3 is 2.36 bits per heavy atom. The average Bonchev–Trinajstić information content (AvgIpc) is 3.13. The summed E-state index contributed by atoms with van der Waals surface area (Å²) >= 11 is 0. The number of ether oxygens (including phenoxy) is 1. The Kier molecular flexibility index (Phi) is 7.12. The second-order valence-corrected chi connectivity index (χ2v) is 7.22. The van der Waals surface area contributed by atoms with E-state index >= 15 is 0 Å². The summed E-state index contributed by atoms with van der Waals surface area (Å²) in [7, 11) is 0. The number of hydrogen-bond donors (Lipinski definition) is 1. The molecule has 0 aliphatic rings. The van der Waals surface area contributed by atoms with Crippen molar-refractivity contribution >= 4 is 16.9 Å². The van der Waals surface area contributed by atoms with Crippen LogP contribution in [0.3, 0.4) is 0 Å². The van der Waals surface area contributed by atoms with Crippen molar-refractivity contribution in [3.8, 4) is 17.1 Å². The number of primary amides is 1. The third kappa shape index (κ3) is 5.38. The molecule has 3 rings (SSSR count). The van der Waals surface area contributed by atoms with Crippen molar-refractivity contribution in [1.82, 2.24) is 0 Å². The van der Waals surface area contributed by atoms with Crippen LogP contribution in [0.15, 0.2) is 52.9 Å². The Morgan fingerprint density at radius 1 is 0.929 bits per heavy atom. The van der Waals surface area contributed by atoms with E-state index in [0.29, 0.717) is 5.56 Å². The lowest BCUT2D eigenvalue weighted by molar-refractivity contribution is 0.100. The molecule has 148 valence electrons.